The van der Waals surface area contributed by atoms with Crippen molar-refractivity contribution >= 4 is 11.8 Å². The third-order valence-corrected chi connectivity index (χ3v) is 3.47. The zero-order chi connectivity index (χ0) is 13.0. The number of hydrogen-bond donors (Lipinski definition) is 4. The lowest BCUT2D eigenvalue weighted by Gasteiger charge is -2.32. The van der Waals surface area contributed by atoms with E-state index < -0.39 is 5.60 Å². The average molecular weight is 251 g/mol. The number of nitrogens with zero attached hydrogens (tertiary/aromatic N) is 2. The number of aromatic nitrogens is 2. The molecule has 100 valence electrons. The fourth-order valence-corrected chi connectivity index (χ4v) is 2.33. The molecule has 0 spiro atoms. The molecular formula is C12H21N5O. The zero-order valence-electron chi connectivity index (χ0n) is 10.7. The highest BCUT2D eigenvalue weighted by Crippen LogP contribution is 2.28. The molecule has 1 aliphatic carbocycles. The summed E-state index contributed by atoms with van der Waals surface area (Å²) in [5.74, 6) is 6.37. The van der Waals surface area contributed by atoms with Crippen molar-refractivity contribution in [3.8, 4) is 0 Å². The molecule has 1 aromatic heterocycles. The van der Waals surface area contributed by atoms with Gasteiger partial charge in [-0.1, -0.05) is 19.3 Å². The molecule has 1 heterocycles. The van der Waals surface area contributed by atoms with Crippen LogP contribution in [0.3, 0.4) is 0 Å². The van der Waals surface area contributed by atoms with Crippen molar-refractivity contribution < 1.29 is 5.11 Å². The van der Waals surface area contributed by atoms with Crippen molar-refractivity contribution in [2.45, 2.75) is 44.6 Å². The van der Waals surface area contributed by atoms with E-state index in [9.17, 15) is 5.11 Å². The maximum Gasteiger partial charge on any atom is 0.239 e. The number of rotatable bonds is 4. The Kier molecular flexibility index (Phi) is 3.98. The molecule has 1 aromatic rings. The van der Waals surface area contributed by atoms with Crippen LogP contribution >= 0.6 is 0 Å². The number of nitrogen functional groups attached to an aromatic ring is 1. The first-order valence-corrected chi connectivity index (χ1v) is 6.39. The quantitative estimate of drug-likeness (QED) is 0.474. The lowest BCUT2D eigenvalue weighted by molar-refractivity contribution is 0.0166. The summed E-state index contributed by atoms with van der Waals surface area (Å²) in [6.07, 6.45) is 6.82. The van der Waals surface area contributed by atoms with E-state index in [0.29, 0.717) is 12.5 Å². The number of anilines is 2. The molecule has 1 fully saturated rings. The van der Waals surface area contributed by atoms with Gasteiger partial charge in [0.1, 0.15) is 5.82 Å². The third-order valence-electron chi connectivity index (χ3n) is 3.47. The van der Waals surface area contributed by atoms with Crippen molar-refractivity contribution in [1.82, 2.24) is 9.97 Å². The highest BCUT2D eigenvalue weighted by molar-refractivity contribution is 5.46. The Labute approximate surface area is 107 Å². The molecular weight excluding hydrogens is 230 g/mol. The summed E-state index contributed by atoms with van der Waals surface area (Å²) in [4.78, 5) is 8.26. The van der Waals surface area contributed by atoms with Crippen LogP contribution < -0.4 is 16.6 Å². The van der Waals surface area contributed by atoms with E-state index in [4.69, 9.17) is 5.84 Å². The number of nitrogens with one attached hydrogen (secondary N) is 2. The van der Waals surface area contributed by atoms with E-state index in [1.807, 2.05) is 6.92 Å². The minimum Gasteiger partial charge on any atom is -0.388 e. The predicted molar refractivity (Wildman–Crippen MR) is 71.1 cm³/mol. The van der Waals surface area contributed by atoms with Crippen LogP contribution in [-0.2, 0) is 0 Å². The first-order chi connectivity index (χ1) is 8.63. The van der Waals surface area contributed by atoms with Gasteiger partial charge in [-0.2, -0.15) is 4.98 Å². The highest BCUT2D eigenvalue weighted by Gasteiger charge is 2.29. The monoisotopic (exact) mass is 251 g/mol. The minimum atomic E-state index is -0.605. The maximum atomic E-state index is 10.4. The Bertz CT molecular complexity index is 403. The number of nitrogens with two attached hydrogens (primary N) is 1. The summed E-state index contributed by atoms with van der Waals surface area (Å²) in [6, 6.07) is 0. The van der Waals surface area contributed by atoms with E-state index in [-0.39, 0.29) is 0 Å². The Hall–Kier alpha value is -1.40. The molecule has 0 aromatic carbocycles. The molecule has 1 saturated carbocycles. The Balaban J connectivity index is 2.00. The van der Waals surface area contributed by atoms with Crippen LogP contribution in [0.2, 0.25) is 0 Å². The van der Waals surface area contributed by atoms with Crippen LogP contribution in [0.4, 0.5) is 11.8 Å². The second-order valence-corrected chi connectivity index (χ2v) is 5.01. The van der Waals surface area contributed by atoms with E-state index in [1.165, 1.54) is 6.42 Å². The van der Waals surface area contributed by atoms with Gasteiger partial charge in [-0.05, 0) is 19.8 Å². The van der Waals surface area contributed by atoms with Crippen molar-refractivity contribution in [3.63, 3.8) is 0 Å². The molecule has 0 amide bonds. The zero-order valence-corrected chi connectivity index (χ0v) is 10.7. The van der Waals surface area contributed by atoms with Gasteiger partial charge in [-0.15, -0.1) is 0 Å². The lowest BCUT2D eigenvalue weighted by atomic mass is 9.85. The fraction of sp³-hybridized carbons (Fsp3) is 0.667. The Morgan fingerprint density at radius 2 is 2.11 bits per heavy atom. The smallest absolute Gasteiger partial charge is 0.239 e. The second-order valence-electron chi connectivity index (χ2n) is 5.01. The van der Waals surface area contributed by atoms with E-state index in [0.717, 1.165) is 37.1 Å². The molecule has 2 rings (SSSR count). The Morgan fingerprint density at radius 1 is 1.39 bits per heavy atom. The summed E-state index contributed by atoms with van der Waals surface area (Å²) in [5, 5.41) is 13.6. The van der Waals surface area contributed by atoms with Gasteiger partial charge in [-0.3, -0.25) is 5.43 Å². The molecule has 1 aliphatic rings. The van der Waals surface area contributed by atoms with Crippen molar-refractivity contribution in [1.29, 1.82) is 0 Å². The van der Waals surface area contributed by atoms with Gasteiger partial charge in [0.25, 0.3) is 0 Å². The first kappa shape index (κ1) is 13.0. The molecule has 6 nitrogen and oxygen atoms in total. The molecule has 0 bridgehead atoms. The van der Waals surface area contributed by atoms with Crippen LogP contribution in [-0.4, -0.2) is 27.2 Å². The van der Waals surface area contributed by atoms with Gasteiger partial charge in [0, 0.05) is 18.3 Å². The van der Waals surface area contributed by atoms with Crippen molar-refractivity contribution in [3.05, 3.63) is 11.8 Å². The number of hydrogen-bond acceptors (Lipinski definition) is 6. The molecule has 0 aliphatic heterocycles. The van der Waals surface area contributed by atoms with Gasteiger partial charge in [0.05, 0.1) is 5.60 Å². The van der Waals surface area contributed by atoms with Gasteiger partial charge < -0.3 is 10.4 Å². The first-order valence-electron chi connectivity index (χ1n) is 6.39. The Morgan fingerprint density at radius 3 is 2.78 bits per heavy atom. The molecule has 0 radical (unpaired) electrons. The number of hydrazine groups is 1. The topological polar surface area (TPSA) is 96.1 Å². The molecule has 18 heavy (non-hydrogen) atoms. The van der Waals surface area contributed by atoms with Crippen LogP contribution in [0.25, 0.3) is 0 Å². The summed E-state index contributed by atoms with van der Waals surface area (Å²) in [5.41, 5.74) is 2.75. The molecule has 0 atom stereocenters. The fourth-order valence-electron chi connectivity index (χ4n) is 2.33. The predicted octanol–water partition coefficient (Wildman–Crippen LogP) is 1.18. The third kappa shape index (κ3) is 3.08. The average Bonchev–Trinajstić information content (AvgIpc) is 2.39. The molecule has 0 saturated heterocycles. The summed E-state index contributed by atoms with van der Waals surface area (Å²) < 4.78 is 0. The molecule has 6 heteroatoms. The SMILES string of the molecule is Cc1cnc(NN)nc1NCC1(O)CCCCC1. The van der Waals surface area contributed by atoms with Crippen LogP contribution in [0.15, 0.2) is 6.20 Å². The highest BCUT2D eigenvalue weighted by atomic mass is 16.3. The number of aryl methyl sites for hydroxylation is 1. The second kappa shape index (κ2) is 5.49. The normalized spacial score (nSPS) is 18.4. The molecule has 5 N–H and O–H groups in total. The van der Waals surface area contributed by atoms with E-state index >= 15 is 0 Å². The minimum absolute atomic E-state index is 0.374. The standard InChI is InChI=1S/C12H21N5O/c1-9-7-14-11(17-13)16-10(9)15-8-12(18)5-3-2-4-6-12/h7,18H,2-6,8,13H2,1H3,(H2,14,15,16,17). The van der Waals surface area contributed by atoms with Crippen LogP contribution in [0, 0.1) is 6.92 Å². The van der Waals surface area contributed by atoms with Crippen LogP contribution in [0.1, 0.15) is 37.7 Å². The van der Waals surface area contributed by atoms with Gasteiger partial charge in [0.15, 0.2) is 0 Å². The van der Waals surface area contributed by atoms with E-state index in [2.05, 4.69) is 20.7 Å². The largest absolute Gasteiger partial charge is 0.388 e. The maximum absolute atomic E-state index is 10.4. The summed E-state index contributed by atoms with van der Waals surface area (Å²) >= 11 is 0. The lowest BCUT2D eigenvalue weighted by Crippen LogP contribution is -2.39. The van der Waals surface area contributed by atoms with Crippen LogP contribution in [0.5, 0.6) is 0 Å². The van der Waals surface area contributed by atoms with Gasteiger partial charge >= 0.3 is 0 Å². The number of aliphatic hydroxyl groups is 1. The van der Waals surface area contributed by atoms with E-state index in [1.54, 1.807) is 6.20 Å². The van der Waals surface area contributed by atoms with Gasteiger partial charge in [-0.25, -0.2) is 10.8 Å². The van der Waals surface area contributed by atoms with Crippen molar-refractivity contribution in [2.75, 3.05) is 17.3 Å². The summed E-state index contributed by atoms with van der Waals surface area (Å²) in [6.45, 7) is 2.45. The summed E-state index contributed by atoms with van der Waals surface area (Å²) in [7, 11) is 0. The van der Waals surface area contributed by atoms with Crippen molar-refractivity contribution in [2.24, 2.45) is 5.84 Å². The van der Waals surface area contributed by atoms with Gasteiger partial charge in [0.2, 0.25) is 5.95 Å². The molecule has 0 unspecified atom stereocenters.